The molecule has 4 heteroatoms. The molecule has 0 aliphatic carbocycles. The van der Waals surface area contributed by atoms with Crippen molar-refractivity contribution < 1.29 is 0 Å². The number of hydrogen-bond acceptors (Lipinski definition) is 3. The van der Waals surface area contributed by atoms with E-state index in [9.17, 15) is 0 Å². The van der Waals surface area contributed by atoms with Crippen LogP contribution in [-0.4, -0.2) is 15.8 Å². The van der Waals surface area contributed by atoms with Gasteiger partial charge >= 0.3 is 0 Å². The highest BCUT2D eigenvalue weighted by Gasteiger charge is 2.03. The molecular formula is C9H18N4. The summed E-state index contributed by atoms with van der Waals surface area (Å²) in [4.78, 5) is 0. The van der Waals surface area contributed by atoms with Crippen LogP contribution in [0.2, 0.25) is 0 Å². The number of nitrogens with two attached hydrogens (primary N) is 1. The number of anilines is 1. The molecule has 0 aromatic carbocycles. The van der Waals surface area contributed by atoms with Crippen molar-refractivity contribution in [2.45, 2.75) is 39.9 Å². The number of aryl methyl sites for hydroxylation is 1. The van der Waals surface area contributed by atoms with Gasteiger partial charge in [0.25, 0.3) is 0 Å². The van der Waals surface area contributed by atoms with E-state index in [1.807, 2.05) is 10.7 Å². The molecule has 74 valence electrons. The number of aromatic nitrogens is 2. The van der Waals surface area contributed by atoms with E-state index in [1.54, 1.807) is 0 Å². The van der Waals surface area contributed by atoms with Crippen LogP contribution >= 0.6 is 0 Å². The second kappa shape index (κ2) is 4.28. The quantitative estimate of drug-likeness (QED) is 0.730. The highest BCUT2D eigenvalue weighted by atomic mass is 15.3. The van der Waals surface area contributed by atoms with Crippen molar-refractivity contribution in [3.63, 3.8) is 0 Å². The smallest absolute Gasteiger partial charge is 0.145 e. The molecule has 3 N–H and O–H groups in total. The second-order valence-corrected chi connectivity index (χ2v) is 3.41. The Morgan fingerprint density at radius 2 is 2.31 bits per heavy atom. The van der Waals surface area contributed by atoms with E-state index in [1.165, 1.54) is 0 Å². The van der Waals surface area contributed by atoms with Crippen molar-refractivity contribution in [1.82, 2.24) is 15.1 Å². The molecule has 0 unspecified atom stereocenters. The minimum absolute atomic E-state index is 0.487. The van der Waals surface area contributed by atoms with Crippen LogP contribution in [-0.2, 0) is 13.1 Å². The molecule has 0 spiro atoms. The van der Waals surface area contributed by atoms with Gasteiger partial charge in [0.1, 0.15) is 5.82 Å². The summed E-state index contributed by atoms with van der Waals surface area (Å²) in [6.45, 7) is 8.00. The maximum absolute atomic E-state index is 5.60. The molecule has 0 saturated heterocycles. The van der Waals surface area contributed by atoms with Gasteiger partial charge in [0.2, 0.25) is 0 Å². The standard InChI is InChI=1S/C9H18N4/c1-4-13-8(5-9(10)12-13)6-11-7(2)3/h5,7,11H,4,6H2,1-3H3,(H2,10,12). The van der Waals surface area contributed by atoms with E-state index in [0.717, 1.165) is 18.8 Å². The zero-order valence-electron chi connectivity index (χ0n) is 8.54. The number of nitrogens with one attached hydrogen (secondary N) is 1. The highest BCUT2D eigenvalue weighted by Crippen LogP contribution is 2.05. The molecule has 0 saturated carbocycles. The molecule has 0 bridgehead atoms. The van der Waals surface area contributed by atoms with Crippen LogP contribution < -0.4 is 11.1 Å². The fourth-order valence-electron chi connectivity index (χ4n) is 1.20. The number of nitrogen functional groups attached to an aromatic ring is 1. The highest BCUT2D eigenvalue weighted by molar-refractivity contribution is 5.29. The predicted octanol–water partition coefficient (Wildman–Crippen LogP) is 0.983. The van der Waals surface area contributed by atoms with Crippen molar-refractivity contribution in [3.8, 4) is 0 Å². The molecule has 1 heterocycles. The molecule has 0 fully saturated rings. The zero-order chi connectivity index (χ0) is 9.84. The third-order valence-corrected chi connectivity index (χ3v) is 1.87. The van der Waals surface area contributed by atoms with Crippen LogP contribution in [0.3, 0.4) is 0 Å². The Kier molecular flexibility index (Phi) is 3.31. The molecule has 0 radical (unpaired) electrons. The normalized spacial score (nSPS) is 11.1. The summed E-state index contributed by atoms with van der Waals surface area (Å²) in [5.41, 5.74) is 6.75. The second-order valence-electron chi connectivity index (χ2n) is 3.41. The van der Waals surface area contributed by atoms with Crippen molar-refractivity contribution in [2.75, 3.05) is 5.73 Å². The lowest BCUT2D eigenvalue weighted by molar-refractivity contribution is 0.541. The largest absolute Gasteiger partial charge is 0.382 e. The van der Waals surface area contributed by atoms with Gasteiger partial charge in [-0.15, -0.1) is 0 Å². The Hall–Kier alpha value is -1.03. The van der Waals surface area contributed by atoms with Crippen molar-refractivity contribution >= 4 is 5.82 Å². The van der Waals surface area contributed by atoms with Gasteiger partial charge in [-0.2, -0.15) is 5.10 Å². The van der Waals surface area contributed by atoms with E-state index >= 15 is 0 Å². The summed E-state index contributed by atoms with van der Waals surface area (Å²) in [5, 5.41) is 7.49. The van der Waals surface area contributed by atoms with Gasteiger partial charge < -0.3 is 11.1 Å². The zero-order valence-corrected chi connectivity index (χ0v) is 8.54. The maximum atomic E-state index is 5.60. The van der Waals surface area contributed by atoms with E-state index in [2.05, 4.69) is 31.2 Å². The first-order valence-corrected chi connectivity index (χ1v) is 4.69. The fraction of sp³-hybridized carbons (Fsp3) is 0.667. The lowest BCUT2D eigenvalue weighted by atomic mass is 10.3. The van der Waals surface area contributed by atoms with Gasteiger partial charge in [0.15, 0.2) is 0 Å². The number of rotatable bonds is 4. The summed E-state index contributed by atoms with van der Waals surface area (Å²) in [5.74, 6) is 0.599. The van der Waals surface area contributed by atoms with E-state index in [4.69, 9.17) is 5.73 Å². The molecular weight excluding hydrogens is 164 g/mol. The van der Waals surface area contributed by atoms with E-state index in [0.29, 0.717) is 11.9 Å². The van der Waals surface area contributed by atoms with Gasteiger partial charge in [0.05, 0.1) is 5.69 Å². The summed E-state index contributed by atoms with van der Waals surface area (Å²) in [7, 11) is 0. The topological polar surface area (TPSA) is 55.9 Å². The van der Waals surface area contributed by atoms with Gasteiger partial charge in [-0.05, 0) is 6.92 Å². The summed E-state index contributed by atoms with van der Waals surface area (Å²) in [6, 6.07) is 2.40. The molecule has 13 heavy (non-hydrogen) atoms. The first-order valence-electron chi connectivity index (χ1n) is 4.69. The average Bonchev–Trinajstić information content (AvgIpc) is 2.42. The number of hydrogen-bond donors (Lipinski definition) is 2. The predicted molar refractivity (Wildman–Crippen MR) is 54.3 cm³/mol. The molecule has 0 amide bonds. The van der Waals surface area contributed by atoms with Crippen LogP contribution in [0.4, 0.5) is 5.82 Å². The van der Waals surface area contributed by atoms with Gasteiger partial charge in [-0.1, -0.05) is 13.8 Å². The van der Waals surface area contributed by atoms with Crippen molar-refractivity contribution in [3.05, 3.63) is 11.8 Å². The van der Waals surface area contributed by atoms with Crippen LogP contribution in [0.15, 0.2) is 6.07 Å². The lowest BCUT2D eigenvalue weighted by Gasteiger charge is -2.08. The minimum Gasteiger partial charge on any atom is -0.382 e. The Morgan fingerprint density at radius 3 is 2.85 bits per heavy atom. The number of nitrogens with zero attached hydrogens (tertiary/aromatic N) is 2. The average molecular weight is 182 g/mol. The molecule has 1 aromatic rings. The monoisotopic (exact) mass is 182 g/mol. The molecule has 1 rings (SSSR count). The van der Waals surface area contributed by atoms with E-state index in [-0.39, 0.29) is 0 Å². The Labute approximate surface area is 79.1 Å². The van der Waals surface area contributed by atoms with E-state index < -0.39 is 0 Å². The Balaban J connectivity index is 2.64. The van der Waals surface area contributed by atoms with Crippen LogP contribution in [0.5, 0.6) is 0 Å². The third kappa shape index (κ3) is 2.73. The molecule has 0 atom stereocenters. The molecule has 1 aromatic heterocycles. The molecule has 0 aliphatic rings. The van der Waals surface area contributed by atoms with Gasteiger partial charge in [-0.3, -0.25) is 4.68 Å². The lowest BCUT2D eigenvalue weighted by Crippen LogP contribution is -2.23. The summed E-state index contributed by atoms with van der Waals surface area (Å²) >= 11 is 0. The van der Waals surface area contributed by atoms with Crippen LogP contribution in [0.1, 0.15) is 26.5 Å². The first-order chi connectivity index (χ1) is 6.13. The Morgan fingerprint density at radius 1 is 1.62 bits per heavy atom. The van der Waals surface area contributed by atoms with Crippen molar-refractivity contribution in [2.24, 2.45) is 0 Å². The summed E-state index contributed by atoms with van der Waals surface area (Å²) in [6.07, 6.45) is 0. The SMILES string of the molecule is CCn1nc(N)cc1CNC(C)C. The molecule has 4 nitrogen and oxygen atoms in total. The van der Waals surface area contributed by atoms with Crippen molar-refractivity contribution in [1.29, 1.82) is 0 Å². The fourth-order valence-corrected chi connectivity index (χ4v) is 1.20. The summed E-state index contributed by atoms with van der Waals surface area (Å²) < 4.78 is 1.92. The van der Waals surface area contributed by atoms with Gasteiger partial charge in [-0.25, -0.2) is 0 Å². The maximum Gasteiger partial charge on any atom is 0.145 e. The third-order valence-electron chi connectivity index (χ3n) is 1.87. The molecule has 0 aliphatic heterocycles. The van der Waals surface area contributed by atoms with Gasteiger partial charge in [0, 0.05) is 25.2 Å². The Bertz CT molecular complexity index is 265. The first kappa shape index (κ1) is 10.1. The van der Waals surface area contributed by atoms with Crippen LogP contribution in [0.25, 0.3) is 0 Å². The van der Waals surface area contributed by atoms with Crippen LogP contribution in [0, 0.1) is 0 Å². The minimum atomic E-state index is 0.487.